The van der Waals surface area contributed by atoms with Crippen molar-refractivity contribution in [2.45, 2.75) is 37.3 Å². The SMILES string of the molecule is O=C1CC(NC2CC(c3cccc(F)c3)C2)CN1. The van der Waals surface area contributed by atoms with Crippen molar-refractivity contribution in [3.63, 3.8) is 0 Å². The van der Waals surface area contributed by atoms with Crippen LogP contribution < -0.4 is 10.6 Å². The van der Waals surface area contributed by atoms with Crippen molar-refractivity contribution in [1.29, 1.82) is 0 Å². The van der Waals surface area contributed by atoms with Crippen LogP contribution in [0.15, 0.2) is 24.3 Å². The molecule has 2 aliphatic rings. The van der Waals surface area contributed by atoms with Crippen LogP contribution in [-0.4, -0.2) is 24.5 Å². The summed E-state index contributed by atoms with van der Waals surface area (Å²) >= 11 is 0. The maximum Gasteiger partial charge on any atom is 0.221 e. The number of rotatable bonds is 3. The summed E-state index contributed by atoms with van der Waals surface area (Å²) in [4.78, 5) is 11.1. The van der Waals surface area contributed by atoms with E-state index in [1.165, 1.54) is 6.07 Å². The zero-order chi connectivity index (χ0) is 12.5. The fourth-order valence-corrected chi connectivity index (χ4v) is 2.84. The molecule has 1 aliphatic carbocycles. The fourth-order valence-electron chi connectivity index (χ4n) is 2.84. The molecule has 3 nitrogen and oxygen atoms in total. The molecule has 0 radical (unpaired) electrons. The Morgan fingerprint density at radius 1 is 1.28 bits per heavy atom. The Morgan fingerprint density at radius 2 is 2.11 bits per heavy atom. The molecule has 1 unspecified atom stereocenters. The topological polar surface area (TPSA) is 41.1 Å². The zero-order valence-electron chi connectivity index (χ0n) is 10.2. The van der Waals surface area contributed by atoms with E-state index in [1.807, 2.05) is 6.07 Å². The second-order valence-electron chi connectivity index (χ2n) is 5.29. The van der Waals surface area contributed by atoms with Crippen molar-refractivity contribution in [2.24, 2.45) is 0 Å². The maximum atomic E-state index is 13.1. The Kier molecular flexibility index (Phi) is 3.04. The normalized spacial score (nSPS) is 30.9. The molecule has 18 heavy (non-hydrogen) atoms. The Morgan fingerprint density at radius 3 is 2.78 bits per heavy atom. The van der Waals surface area contributed by atoms with Gasteiger partial charge >= 0.3 is 0 Å². The Labute approximate surface area is 106 Å². The van der Waals surface area contributed by atoms with E-state index in [1.54, 1.807) is 12.1 Å². The summed E-state index contributed by atoms with van der Waals surface area (Å²) in [5.41, 5.74) is 1.09. The lowest BCUT2D eigenvalue weighted by Gasteiger charge is -2.37. The van der Waals surface area contributed by atoms with Crippen LogP contribution in [0.3, 0.4) is 0 Å². The predicted molar refractivity (Wildman–Crippen MR) is 66.7 cm³/mol. The van der Waals surface area contributed by atoms with Crippen LogP contribution in [0, 0.1) is 5.82 Å². The standard InChI is InChI=1S/C14H17FN2O/c15-11-3-1-2-9(4-11)10-5-12(6-10)17-13-7-14(18)16-8-13/h1-4,10,12-13,17H,5-8H2,(H,16,18). The molecule has 2 fully saturated rings. The van der Waals surface area contributed by atoms with Gasteiger partial charge in [0.1, 0.15) is 5.82 Å². The second kappa shape index (κ2) is 4.69. The largest absolute Gasteiger partial charge is 0.354 e. The molecule has 3 rings (SSSR count). The van der Waals surface area contributed by atoms with E-state index in [9.17, 15) is 9.18 Å². The number of hydrogen-bond donors (Lipinski definition) is 2. The van der Waals surface area contributed by atoms with Crippen LogP contribution in [0.25, 0.3) is 0 Å². The fraction of sp³-hybridized carbons (Fsp3) is 0.500. The van der Waals surface area contributed by atoms with Crippen LogP contribution in [0.5, 0.6) is 0 Å². The van der Waals surface area contributed by atoms with Gasteiger partial charge in [-0.15, -0.1) is 0 Å². The zero-order valence-corrected chi connectivity index (χ0v) is 10.2. The summed E-state index contributed by atoms with van der Waals surface area (Å²) in [6, 6.07) is 7.61. The van der Waals surface area contributed by atoms with Crippen LogP contribution in [0.4, 0.5) is 4.39 Å². The van der Waals surface area contributed by atoms with Crippen molar-refractivity contribution >= 4 is 5.91 Å². The molecule has 0 aromatic heterocycles. The van der Waals surface area contributed by atoms with E-state index in [-0.39, 0.29) is 17.8 Å². The first-order chi connectivity index (χ1) is 8.70. The summed E-state index contributed by atoms with van der Waals surface area (Å²) < 4.78 is 13.1. The van der Waals surface area contributed by atoms with Gasteiger partial charge in [0.25, 0.3) is 0 Å². The highest BCUT2D eigenvalue weighted by Crippen LogP contribution is 2.37. The van der Waals surface area contributed by atoms with Crippen molar-refractivity contribution in [3.05, 3.63) is 35.6 Å². The lowest BCUT2D eigenvalue weighted by atomic mass is 9.75. The van der Waals surface area contributed by atoms with Gasteiger partial charge < -0.3 is 10.6 Å². The molecular formula is C14H17FN2O. The summed E-state index contributed by atoms with van der Waals surface area (Å²) in [7, 11) is 0. The Balaban J connectivity index is 1.50. The maximum absolute atomic E-state index is 13.1. The molecule has 1 aliphatic heterocycles. The minimum Gasteiger partial charge on any atom is -0.354 e. The molecule has 4 heteroatoms. The average Bonchev–Trinajstić information content (AvgIpc) is 2.69. The van der Waals surface area contributed by atoms with E-state index in [2.05, 4.69) is 10.6 Å². The summed E-state index contributed by atoms with van der Waals surface area (Å²) in [5, 5.41) is 6.31. The highest BCUT2D eigenvalue weighted by molar-refractivity contribution is 5.78. The molecule has 1 aromatic carbocycles. The molecule has 96 valence electrons. The summed E-state index contributed by atoms with van der Waals surface area (Å²) in [6.07, 6.45) is 2.66. The Bertz CT molecular complexity index is 457. The summed E-state index contributed by atoms with van der Waals surface area (Å²) in [5.74, 6) is 0.436. The third-order valence-corrected chi connectivity index (χ3v) is 3.91. The first kappa shape index (κ1) is 11.7. The number of hydrogen-bond acceptors (Lipinski definition) is 2. The minimum atomic E-state index is -0.158. The molecule has 1 saturated heterocycles. The number of nitrogens with one attached hydrogen (secondary N) is 2. The van der Waals surface area contributed by atoms with Gasteiger partial charge in [-0.1, -0.05) is 12.1 Å². The van der Waals surface area contributed by atoms with E-state index >= 15 is 0 Å². The van der Waals surface area contributed by atoms with Crippen LogP contribution in [-0.2, 0) is 4.79 Å². The van der Waals surface area contributed by atoms with E-state index in [0.717, 1.165) is 24.9 Å². The summed E-state index contributed by atoms with van der Waals surface area (Å²) in [6.45, 7) is 0.736. The quantitative estimate of drug-likeness (QED) is 0.852. The van der Waals surface area contributed by atoms with Crippen LogP contribution in [0.1, 0.15) is 30.7 Å². The first-order valence-electron chi connectivity index (χ1n) is 6.49. The van der Waals surface area contributed by atoms with Gasteiger partial charge in [0.05, 0.1) is 0 Å². The lowest BCUT2D eigenvalue weighted by Crippen LogP contribution is -2.46. The minimum absolute atomic E-state index is 0.133. The van der Waals surface area contributed by atoms with Gasteiger partial charge in [0, 0.05) is 25.0 Å². The average molecular weight is 248 g/mol. The third kappa shape index (κ3) is 2.38. The number of carbonyl (C=O) groups is 1. The molecule has 1 aromatic rings. The van der Waals surface area contributed by atoms with Crippen LogP contribution >= 0.6 is 0 Å². The molecule has 1 saturated carbocycles. The van der Waals surface area contributed by atoms with Crippen molar-refractivity contribution in [3.8, 4) is 0 Å². The third-order valence-electron chi connectivity index (χ3n) is 3.91. The molecule has 2 N–H and O–H groups in total. The number of halogens is 1. The van der Waals surface area contributed by atoms with Gasteiger partial charge in [-0.05, 0) is 36.5 Å². The molecule has 1 heterocycles. The molecule has 0 spiro atoms. The lowest BCUT2D eigenvalue weighted by molar-refractivity contribution is -0.119. The number of benzene rings is 1. The van der Waals surface area contributed by atoms with Crippen molar-refractivity contribution in [2.75, 3.05) is 6.54 Å². The second-order valence-corrected chi connectivity index (χ2v) is 5.29. The Hall–Kier alpha value is -1.42. The van der Waals surface area contributed by atoms with Gasteiger partial charge in [0.2, 0.25) is 5.91 Å². The van der Waals surface area contributed by atoms with E-state index in [4.69, 9.17) is 0 Å². The van der Waals surface area contributed by atoms with E-state index in [0.29, 0.717) is 18.4 Å². The van der Waals surface area contributed by atoms with Crippen LogP contribution in [0.2, 0.25) is 0 Å². The van der Waals surface area contributed by atoms with E-state index < -0.39 is 0 Å². The number of amides is 1. The van der Waals surface area contributed by atoms with Gasteiger partial charge in [-0.25, -0.2) is 4.39 Å². The molecular weight excluding hydrogens is 231 g/mol. The van der Waals surface area contributed by atoms with Crippen molar-refractivity contribution < 1.29 is 9.18 Å². The monoisotopic (exact) mass is 248 g/mol. The smallest absolute Gasteiger partial charge is 0.221 e. The highest BCUT2D eigenvalue weighted by atomic mass is 19.1. The molecule has 0 bridgehead atoms. The predicted octanol–water partition coefficient (Wildman–Crippen LogP) is 1.55. The number of carbonyl (C=O) groups excluding carboxylic acids is 1. The molecule has 1 amide bonds. The molecule has 1 atom stereocenters. The van der Waals surface area contributed by atoms with Gasteiger partial charge in [0.15, 0.2) is 0 Å². The first-order valence-corrected chi connectivity index (χ1v) is 6.49. The van der Waals surface area contributed by atoms with Crippen molar-refractivity contribution in [1.82, 2.24) is 10.6 Å². The van der Waals surface area contributed by atoms with Gasteiger partial charge in [-0.3, -0.25) is 4.79 Å². The highest BCUT2D eigenvalue weighted by Gasteiger charge is 2.33. The van der Waals surface area contributed by atoms with Gasteiger partial charge in [-0.2, -0.15) is 0 Å².